The van der Waals surface area contributed by atoms with Crippen molar-refractivity contribution in [1.82, 2.24) is 4.57 Å². The fourth-order valence-corrected chi connectivity index (χ4v) is 4.16. The van der Waals surface area contributed by atoms with Crippen molar-refractivity contribution in [2.24, 2.45) is 0 Å². The van der Waals surface area contributed by atoms with Gasteiger partial charge in [-0.3, -0.25) is 14.2 Å². The molecule has 0 fully saturated rings. The van der Waals surface area contributed by atoms with Gasteiger partial charge in [-0.05, 0) is 61.7 Å². The van der Waals surface area contributed by atoms with Gasteiger partial charge in [0.1, 0.15) is 17.0 Å². The number of nitrogens with one attached hydrogen (secondary N) is 1. The van der Waals surface area contributed by atoms with E-state index in [1.165, 1.54) is 10.6 Å². The Morgan fingerprint density at radius 3 is 2.52 bits per heavy atom. The SMILES string of the molecule is CCOC(=O)/C=c1\s/c(=C/c2ccc(OC)cc2)c(=O)n1CC(=O)Nc1cc(C)ccc1C. The molecule has 0 saturated carbocycles. The Morgan fingerprint density at radius 1 is 1.12 bits per heavy atom. The summed E-state index contributed by atoms with van der Waals surface area (Å²) in [6, 6.07) is 13.0. The molecular formula is C25H26N2O5S. The maximum atomic E-state index is 13.1. The Balaban J connectivity index is 2.00. The Bertz CT molecular complexity index is 1340. The molecule has 0 saturated heterocycles. The van der Waals surface area contributed by atoms with Crippen LogP contribution in [0.5, 0.6) is 5.75 Å². The normalized spacial score (nSPS) is 12.0. The number of carbonyl (C=O) groups excluding carboxylic acids is 2. The van der Waals surface area contributed by atoms with Gasteiger partial charge in [0, 0.05) is 5.69 Å². The van der Waals surface area contributed by atoms with E-state index in [1.807, 2.05) is 44.2 Å². The molecule has 0 unspecified atom stereocenters. The molecule has 3 aromatic rings. The minimum Gasteiger partial charge on any atom is -0.497 e. The van der Waals surface area contributed by atoms with Crippen LogP contribution < -0.4 is 24.8 Å². The van der Waals surface area contributed by atoms with Crippen LogP contribution in [0.1, 0.15) is 23.6 Å². The van der Waals surface area contributed by atoms with E-state index in [0.29, 0.717) is 20.6 Å². The van der Waals surface area contributed by atoms with Crippen LogP contribution >= 0.6 is 11.3 Å². The van der Waals surface area contributed by atoms with Crippen LogP contribution in [0.25, 0.3) is 12.2 Å². The third-order valence-corrected chi connectivity index (χ3v) is 5.91. The maximum absolute atomic E-state index is 13.1. The van der Waals surface area contributed by atoms with Gasteiger partial charge in [0.15, 0.2) is 0 Å². The number of thiazole rings is 1. The summed E-state index contributed by atoms with van der Waals surface area (Å²) in [5, 5.41) is 2.86. The minimum absolute atomic E-state index is 0.211. The number of anilines is 1. The number of amides is 1. The number of hydrogen-bond acceptors (Lipinski definition) is 6. The summed E-state index contributed by atoms with van der Waals surface area (Å²) in [5.74, 6) is -0.230. The van der Waals surface area contributed by atoms with Crippen LogP contribution in [-0.2, 0) is 20.9 Å². The summed E-state index contributed by atoms with van der Waals surface area (Å²) < 4.78 is 12.2. The van der Waals surface area contributed by atoms with Gasteiger partial charge in [0.2, 0.25) is 5.91 Å². The molecule has 1 N–H and O–H groups in total. The monoisotopic (exact) mass is 466 g/mol. The smallest absolute Gasteiger partial charge is 0.333 e. The van der Waals surface area contributed by atoms with Crippen molar-refractivity contribution in [3.63, 3.8) is 0 Å². The van der Waals surface area contributed by atoms with Gasteiger partial charge < -0.3 is 14.8 Å². The Morgan fingerprint density at radius 2 is 1.85 bits per heavy atom. The third kappa shape index (κ3) is 6.20. The molecule has 7 nitrogen and oxygen atoms in total. The zero-order valence-electron chi connectivity index (χ0n) is 19.0. The van der Waals surface area contributed by atoms with E-state index >= 15 is 0 Å². The minimum atomic E-state index is -0.571. The van der Waals surface area contributed by atoms with E-state index in [0.717, 1.165) is 28.0 Å². The molecule has 1 amide bonds. The molecule has 1 aromatic heterocycles. The van der Waals surface area contributed by atoms with Crippen molar-refractivity contribution in [3.05, 3.63) is 78.7 Å². The first-order valence-electron chi connectivity index (χ1n) is 10.4. The summed E-state index contributed by atoms with van der Waals surface area (Å²) in [6.07, 6.45) is 2.96. The highest BCUT2D eigenvalue weighted by Gasteiger charge is 2.12. The predicted molar refractivity (Wildman–Crippen MR) is 130 cm³/mol. The van der Waals surface area contributed by atoms with E-state index in [1.54, 1.807) is 32.2 Å². The summed E-state index contributed by atoms with van der Waals surface area (Å²) >= 11 is 1.13. The number of nitrogens with zero attached hydrogens (tertiary/aromatic N) is 1. The Kier molecular flexibility index (Phi) is 7.84. The molecule has 0 aliphatic rings. The summed E-state index contributed by atoms with van der Waals surface area (Å²) in [6.45, 7) is 5.51. The zero-order valence-corrected chi connectivity index (χ0v) is 19.8. The number of esters is 1. The highest BCUT2D eigenvalue weighted by atomic mass is 32.1. The second kappa shape index (κ2) is 10.8. The molecule has 0 bridgehead atoms. The summed E-state index contributed by atoms with van der Waals surface area (Å²) in [5.41, 5.74) is 3.05. The third-order valence-electron chi connectivity index (χ3n) is 4.85. The molecule has 1 heterocycles. The summed E-state index contributed by atoms with van der Waals surface area (Å²) in [4.78, 5) is 38.0. The molecule has 0 aliphatic carbocycles. The molecule has 0 aliphatic heterocycles. The van der Waals surface area contributed by atoms with Crippen molar-refractivity contribution >= 4 is 41.1 Å². The largest absolute Gasteiger partial charge is 0.497 e. The number of aryl methyl sites for hydroxylation is 2. The lowest BCUT2D eigenvalue weighted by atomic mass is 10.1. The second-order valence-corrected chi connectivity index (χ2v) is 8.44. The molecule has 0 radical (unpaired) electrons. The van der Waals surface area contributed by atoms with E-state index < -0.39 is 5.97 Å². The molecule has 2 aromatic carbocycles. The first-order valence-corrected chi connectivity index (χ1v) is 11.2. The number of methoxy groups -OCH3 is 1. The number of ether oxygens (including phenoxy) is 2. The van der Waals surface area contributed by atoms with Crippen molar-refractivity contribution in [2.75, 3.05) is 19.0 Å². The van der Waals surface area contributed by atoms with Gasteiger partial charge >= 0.3 is 5.97 Å². The topological polar surface area (TPSA) is 86.6 Å². The fourth-order valence-electron chi connectivity index (χ4n) is 3.13. The van der Waals surface area contributed by atoms with Crippen LogP contribution in [0, 0.1) is 13.8 Å². The molecule has 8 heteroatoms. The number of benzene rings is 2. The van der Waals surface area contributed by atoms with E-state index in [-0.39, 0.29) is 24.6 Å². The van der Waals surface area contributed by atoms with Crippen molar-refractivity contribution in [3.8, 4) is 5.75 Å². The quantitative estimate of drug-likeness (QED) is 0.540. The molecule has 3 rings (SSSR count). The van der Waals surface area contributed by atoms with Crippen LogP contribution in [0.3, 0.4) is 0 Å². The van der Waals surface area contributed by atoms with Crippen molar-refractivity contribution < 1.29 is 19.1 Å². The molecule has 0 atom stereocenters. The predicted octanol–water partition coefficient (Wildman–Crippen LogP) is 2.35. The van der Waals surface area contributed by atoms with Crippen molar-refractivity contribution in [1.29, 1.82) is 0 Å². The van der Waals surface area contributed by atoms with Crippen LogP contribution in [0.15, 0.2) is 47.3 Å². The van der Waals surface area contributed by atoms with Gasteiger partial charge in [0.25, 0.3) is 5.56 Å². The van der Waals surface area contributed by atoms with Gasteiger partial charge in [-0.1, -0.05) is 24.3 Å². The van der Waals surface area contributed by atoms with Gasteiger partial charge in [0.05, 0.1) is 24.3 Å². The van der Waals surface area contributed by atoms with Crippen LogP contribution in [-0.4, -0.2) is 30.2 Å². The average Bonchev–Trinajstić information content (AvgIpc) is 3.05. The number of aromatic nitrogens is 1. The standard InChI is InChI=1S/C25H26N2O5S/c1-5-32-24(29)14-23-27(15-22(28)26-20-12-16(2)6-7-17(20)3)25(30)21(33-23)13-18-8-10-19(31-4)11-9-18/h6-14H,5,15H2,1-4H3,(H,26,28)/b21-13+,23-14-. The molecule has 33 heavy (non-hydrogen) atoms. The summed E-state index contributed by atoms with van der Waals surface area (Å²) in [7, 11) is 1.58. The highest BCUT2D eigenvalue weighted by Crippen LogP contribution is 2.16. The van der Waals surface area contributed by atoms with Crippen LogP contribution in [0.4, 0.5) is 5.69 Å². The Labute approximate surface area is 195 Å². The Hall–Kier alpha value is -3.65. The first kappa shape index (κ1) is 24.0. The number of hydrogen-bond donors (Lipinski definition) is 1. The van der Waals surface area contributed by atoms with E-state index in [4.69, 9.17) is 9.47 Å². The lowest BCUT2D eigenvalue weighted by Crippen LogP contribution is -2.36. The molecular weight excluding hydrogens is 440 g/mol. The fraction of sp³-hybridized carbons (Fsp3) is 0.240. The first-order chi connectivity index (χ1) is 15.8. The number of carbonyl (C=O) groups is 2. The molecule has 0 spiro atoms. The molecule has 172 valence electrons. The number of rotatable bonds is 7. The van der Waals surface area contributed by atoms with Crippen LogP contribution in [0.2, 0.25) is 0 Å². The average molecular weight is 467 g/mol. The second-order valence-electron chi connectivity index (χ2n) is 7.38. The van der Waals surface area contributed by atoms with Gasteiger partial charge in [-0.25, -0.2) is 4.79 Å². The zero-order chi connectivity index (χ0) is 24.0. The van der Waals surface area contributed by atoms with Gasteiger partial charge in [-0.2, -0.15) is 0 Å². The van der Waals surface area contributed by atoms with E-state index in [9.17, 15) is 14.4 Å². The lowest BCUT2D eigenvalue weighted by molar-refractivity contribution is -0.135. The lowest BCUT2D eigenvalue weighted by Gasteiger charge is -2.09. The van der Waals surface area contributed by atoms with Crippen molar-refractivity contribution in [2.45, 2.75) is 27.3 Å². The highest BCUT2D eigenvalue weighted by molar-refractivity contribution is 7.07. The van der Waals surface area contributed by atoms with E-state index in [2.05, 4.69) is 5.32 Å². The maximum Gasteiger partial charge on any atom is 0.333 e. The van der Waals surface area contributed by atoms with Gasteiger partial charge in [-0.15, -0.1) is 11.3 Å².